The summed E-state index contributed by atoms with van der Waals surface area (Å²) in [7, 11) is 0. The van der Waals surface area contributed by atoms with Crippen molar-refractivity contribution < 1.29 is 4.42 Å². The first-order valence-electron chi connectivity index (χ1n) is 10.5. The Kier molecular flexibility index (Phi) is 4.66. The van der Waals surface area contributed by atoms with Crippen LogP contribution in [-0.2, 0) is 6.42 Å². The summed E-state index contributed by atoms with van der Waals surface area (Å²) in [5.74, 6) is 1.51. The summed E-state index contributed by atoms with van der Waals surface area (Å²) < 4.78 is 9.21. The Morgan fingerprint density at radius 2 is 1.91 bits per heavy atom. The second-order valence-corrected chi connectivity index (χ2v) is 10.0. The summed E-state index contributed by atoms with van der Waals surface area (Å²) >= 11 is 4.96. The Hall–Kier alpha value is -2.96. The fourth-order valence-electron chi connectivity index (χ4n) is 4.63. The van der Waals surface area contributed by atoms with Gasteiger partial charge in [-0.25, -0.2) is 4.99 Å². The van der Waals surface area contributed by atoms with Gasteiger partial charge in [-0.2, -0.15) is 0 Å². The number of benzene rings is 2. The van der Waals surface area contributed by atoms with Gasteiger partial charge in [0, 0.05) is 16.1 Å². The maximum atomic E-state index is 13.6. The number of nitrogens with zero attached hydrogens (tertiary/aromatic N) is 2. The maximum Gasteiger partial charge on any atom is 0.271 e. The van der Waals surface area contributed by atoms with E-state index in [1.807, 2.05) is 41.8 Å². The van der Waals surface area contributed by atoms with Gasteiger partial charge in [0.15, 0.2) is 4.80 Å². The van der Waals surface area contributed by atoms with Gasteiger partial charge in [0.2, 0.25) is 0 Å². The number of aromatic nitrogens is 1. The normalized spacial score (nSPS) is 17.6. The lowest BCUT2D eigenvalue weighted by atomic mass is 9.83. The van der Waals surface area contributed by atoms with Gasteiger partial charge in [-0.1, -0.05) is 63.7 Å². The second kappa shape index (κ2) is 7.57. The lowest BCUT2D eigenvalue weighted by Gasteiger charge is -2.30. The molecule has 0 bridgehead atoms. The SMILES string of the molecule is Cc1ccc(C=c2sc3n(c2=O)C(c2ccc(Br)cc2)C2=C(N=3)c3ccccc3CC2)o1. The van der Waals surface area contributed by atoms with Gasteiger partial charge in [-0.05, 0) is 60.7 Å². The summed E-state index contributed by atoms with van der Waals surface area (Å²) in [6.07, 6.45) is 3.66. The van der Waals surface area contributed by atoms with Crippen molar-refractivity contribution in [2.45, 2.75) is 25.8 Å². The fourth-order valence-corrected chi connectivity index (χ4v) is 5.87. The molecule has 2 aromatic carbocycles. The van der Waals surface area contributed by atoms with Crippen LogP contribution in [-0.4, -0.2) is 4.57 Å². The van der Waals surface area contributed by atoms with E-state index in [1.165, 1.54) is 28.0 Å². The molecule has 0 amide bonds. The molecule has 158 valence electrons. The van der Waals surface area contributed by atoms with Crippen LogP contribution in [0.25, 0.3) is 11.8 Å². The van der Waals surface area contributed by atoms with E-state index in [2.05, 4.69) is 52.3 Å². The number of thiazole rings is 1. The molecule has 1 aliphatic carbocycles. The smallest absolute Gasteiger partial charge is 0.271 e. The fraction of sp³-hybridized carbons (Fsp3) is 0.154. The molecule has 0 N–H and O–H groups in total. The molecular formula is C26H19BrN2O2S. The van der Waals surface area contributed by atoms with E-state index >= 15 is 0 Å². The van der Waals surface area contributed by atoms with Crippen LogP contribution in [0.5, 0.6) is 0 Å². The van der Waals surface area contributed by atoms with Gasteiger partial charge in [-0.15, -0.1) is 0 Å². The third kappa shape index (κ3) is 3.17. The number of allylic oxidation sites excluding steroid dienone is 1. The molecule has 1 aliphatic heterocycles. The van der Waals surface area contributed by atoms with E-state index in [-0.39, 0.29) is 11.6 Å². The van der Waals surface area contributed by atoms with Crippen molar-refractivity contribution in [3.63, 3.8) is 0 Å². The standard InChI is InChI=1S/C26H19BrN2O2S/c1-15-6-12-19(31-15)14-22-25(30)29-24(17-7-10-18(27)11-8-17)21-13-9-16-4-2-3-5-20(16)23(21)28-26(29)32-22/h2-8,10-12,14,24H,9,13H2,1H3. The molecule has 2 aromatic heterocycles. The summed E-state index contributed by atoms with van der Waals surface area (Å²) in [5, 5.41) is 0. The predicted molar refractivity (Wildman–Crippen MR) is 130 cm³/mol. The van der Waals surface area contributed by atoms with Crippen molar-refractivity contribution in [1.82, 2.24) is 4.57 Å². The molecular weight excluding hydrogens is 484 g/mol. The molecule has 3 heterocycles. The van der Waals surface area contributed by atoms with Crippen LogP contribution in [0.3, 0.4) is 0 Å². The second-order valence-electron chi connectivity index (χ2n) is 8.11. The van der Waals surface area contributed by atoms with Crippen LogP contribution < -0.4 is 14.9 Å². The first-order valence-corrected chi connectivity index (χ1v) is 12.1. The van der Waals surface area contributed by atoms with E-state index < -0.39 is 0 Å². The van der Waals surface area contributed by atoms with Crippen molar-refractivity contribution in [2.24, 2.45) is 4.99 Å². The maximum absolute atomic E-state index is 13.6. The van der Waals surface area contributed by atoms with Crippen LogP contribution >= 0.6 is 27.3 Å². The Bertz CT molecular complexity index is 1570. The quantitative estimate of drug-likeness (QED) is 0.387. The number of fused-ring (bicyclic) bond motifs is 3. The molecule has 1 unspecified atom stereocenters. The number of hydrogen-bond donors (Lipinski definition) is 0. The summed E-state index contributed by atoms with van der Waals surface area (Å²) in [4.78, 5) is 19.4. The summed E-state index contributed by atoms with van der Waals surface area (Å²) in [6.45, 7) is 1.90. The highest BCUT2D eigenvalue weighted by Crippen LogP contribution is 2.41. The van der Waals surface area contributed by atoms with E-state index in [4.69, 9.17) is 9.41 Å². The minimum Gasteiger partial charge on any atom is -0.462 e. The van der Waals surface area contributed by atoms with E-state index in [0.717, 1.165) is 39.1 Å². The highest BCUT2D eigenvalue weighted by atomic mass is 79.9. The van der Waals surface area contributed by atoms with Gasteiger partial charge in [-0.3, -0.25) is 9.36 Å². The molecule has 6 heteroatoms. The Balaban J connectivity index is 1.64. The zero-order valence-electron chi connectivity index (χ0n) is 17.3. The molecule has 0 saturated heterocycles. The van der Waals surface area contributed by atoms with Crippen LogP contribution in [0.1, 0.15) is 40.7 Å². The summed E-state index contributed by atoms with van der Waals surface area (Å²) in [5.41, 5.74) is 5.78. The Morgan fingerprint density at radius 1 is 1.09 bits per heavy atom. The molecule has 0 spiro atoms. The third-order valence-electron chi connectivity index (χ3n) is 6.09. The van der Waals surface area contributed by atoms with Crippen molar-refractivity contribution >= 4 is 39.0 Å². The van der Waals surface area contributed by atoms with Gasteiger partial charge in [0.05, 0.1) is 16.3 Å². The number of aryl methyl sites for hydroxylation is 2. The number of hydrogen-bond acceptors (Lipinski definition) is 4. The van der Waals surface area contributed by atoms with Crippen molar-refractivity contribution in [2.75, 3.05) is 0 Å². The van der Waals surface area contributed by atoms with E-state index in [0.29, 0.717) is 10.3 Å². The Morgan fingerprint density at radius 3 is 2.69 bits per heavy atom. The van der Waals surface area contributed by atoms with Crippen molar-refractivity contribution in [1.29, 1.82) is 0 Å². The van der Waals surface area contributed by atoms with Gasteiger partial charge < -0.3 is 4.42 Å². The molecule has 4 aromatic rings. The number of furan rings is 1. The molecule has 2 aliphatic rings. The highest BCUT2D eigenvalue weighted by molar-refractivity contribution is 9.10. The van der Waals surface area contributed by atoms with Crippen molar-refractivity contribution in [3.8, 4) is 0 Å². The minimum absolute atomic E-state index is 0.0267. The highest BCUT2D eigenvalue weighted by Gasteiger charge is 2.32. The van der Waals surface area contributed by atoms with Crippen LogP contribution in [0.15, 0.2) is 84.9 Å². The molecule has 4 nitrogen and oxygen atoms in total. The molecule has 6 rings (SSSR count). The first kappa shape index (κ1) is 19.7. The third-order valence-corrected chi connectivity index (χ3v) is 7.60. The number of halogens is 1. The molecule has 0 fully saturated rings. The largest absolute Gasteiger partial charge is 0.462 e. The van der Waals surface area contributed by atoms with Crippen LogP contribution in [0, 0.1) is 6.92 Å². The van der Waals surface area contributed by atoms with Crippen LogP contribution in [0.2, 0.25) is 0 Å². The van der Waals surface area contributed by atoms with Gasteiger partial charge >= 0.3 is 0 Å². The minimum atomic E-state index is -0.164. The molecule has 0 saturated carbocycles. The van der Waals surface area contributed by atoms with E-state index in [1.54, 1.807) is 0 Å². The lowest BCUT2D eigenvalue weighted by Crippen LogP contribution is -2.38. The zero-order chi connectivity index (χ0) is 21.8. The Labute approximate surface area is 197 Å². The van der Waals surface area contributed by atoms with Crippen LogP contribution in [0.4, 0.5) is 0 Å². The van der Waals surface area contributed by atoms with Gasteiger partial charge in [0.25, 0.3) is 5.56 Å². The first-order chi connectivity index (χ1) is 15.6. The van der Waals surface area contributed by atoms with E-state index in [9.17, 15) is 4.79 Å². The monoisotopic (exact) mass is 502 g/mol. The lowest BCUT2D eigenvalue weighted by molar-refractivity contribution is 0.524. The number of rotatable bonds is 2. The average molecular weight is 503 g/mol. The van der Waals surface area contributed by atoms with Crippen molar-refractivity contribution in [3.05, 3.63) is 119 Å². The predicted octanol–water partition coefficient (Wildman–Crippen LogP) is 4.98. The zero-order valence-corrected chi connectivity index (χ0v) is 19.7. The summed E-state index contributed by atoms with van der Waals surface area (Å²) in [6, 6.07) is 20.4. The molecule has 32 heavy (non-hydrogen) atoms. The average Bonchev–Trinajstić information content (AvgIpc) is 3.35. The molecule has 1 atom stereocenters. The van der Waals surface area contributed by atoms with Gasteiger partial charge in [0.1, 0.15) is 11.5 Å². The topological polar surface area (TPSA) is 47.5 Å². The molecule has 0 radical (unpaired) electrons.